The zero-order chi connectivity index (χ0) is 17.8. The molecule has 0 spiro atoms. The number of aromatic nitrogens is 1. The minimum absolute atomic E-state index is 0.136. The van der Waals surface area contributed by atoms with Crippen molar-refractivity contribution in [3.8, 4) is 0 Å². The fraction of sp³-hybridized carbons (Fsp3) is 0. The highest BCUT2D eigenvalue weighted by Gasteiger charge is 2.21. The number of carbonyl (C=O) groups excluding carboxylic acids is 2. The first-order valence-corrected chi connectivity index (χ1v) is 7.25. The molecule has 25 heavy (non-hydrogen) atoms. The van der Waals surface area contributed by atoms with E-state index in [1.165, 1.54) is 0 Å². The van der Waals surface area contributed by atoms with Crippen LogP contribution in [0.15, 0.2) is 65.4 Å². The van der Waals surface area contributed by atoms with Crippen molar-refractivity contribution in [3.05, 3.63) is 83.2 Å². The van der Waals surface area contributed by atoms with Gasteiger partial charge < -0.3 is 14.9 Å². The molecule has 1 aromatic heterocycles. The predicted molar refractivity (Wildman–Crippen MR) is 87.7 cm³/mol. The minimum atomic E-state index is -1.31. The molecule has 0 saturated heterocycles. The molecule has 0 saturated carbocycles. The lowest BCUT2D eigenvalue weighted by atomic mass is 10.0. The van der Waals surface area contributed by atoms with Gasteiger partial charge in [-0.05, 0) is 24.3 Å². The van der Waals surface area contributed by atoms with Crippen LogP contribution in [-0.4, -0.2) is 27.9 Å². The molecule has 0 atom stereocenters. The number of amides is 1. The summed E-state index contributed by atoms with van der Waals surface area (Å²) in [6, 6.07) is 15.1. The van der Waals surface area contributed by atoms with Gasteiger partial charge >= 0.3 is 5.97 Å². The van der Waals surface area contributed by atoms with Crippen molar-refractivity contribution in [1.82, 2.24) is 5.16 Å². The number of benzene rings is 2. The maximum atomic E-state index is 12.3. The second-order valence-corrected chi connectivity index (χ2v) is 5.11. The van der Waals surface area contributed by atoms with Crippen molar-refractivity contribution in [2.24, 2.45) is 0 Å². The number of carboxylic acids is 1. The first-order valence-electron chi connectivity index (χ1n) is 7.25. The highest BCUT2D eigenvalue weighted by atomic mass is 16.5. The van der Waals surface area contributed by atoms with Crippen molar-refractivity contribution >= 4 is 23.3 Å². The van der Waals surface area contributed by atoms with E-state index in [-0.39, 0.29) is 17.0 Å². The molecule has 3 aromatic rings. The lowest BCUT2D eigenvalue weighted by molar-refractivity contribution is 0.0692. The van der Waals surface area contributed by atoms with Crippen LogP contribution in [0, 0.1) is 0 Å². The van der Waals surface area contributed by atoms with Crippen molar-refractivity contribution in [3.63, 3.8) is 0 Å². The zero-order valence-corrected chi connectivity index (χ0v) is 12.8. The van der Waals surface area contributed by atoms with Gasteiger partial charge in [0.25, 0.3) is 5.91 Å². The number of hydrogen-bond donors (Lipinski definition) is 2. The topological polar surface area (TPSA) is 110 Å². The molecule has 7 nitrogen and oxygen atoms in total. The molecule has 3 rings (SSSR count). The molecule has 0 radical (unpaired) electrons. The summed E-state index contributed by atoms with van der Waals surface area (Å²) in [7, 11) is 0. The summed E-state index contributed by atoms with van der Waals surface area (Å²) in [5, 5.41) is 14.9. The summed E-state index contributed by atoms with van der Waals surface area (Å²) in [6.07, 6.45) is 0.888. The van der Waals surface area contributed by atoms with Gasteiger partial charge in [0.15, 0.2) is 11.5 Å². The summed E-state index contributed by atoms with van der Waals surface area (Å²) >= 11 is 0. The van der Waals surface area contributed by atoms with E-state index < -0.39 is 11.9 Å². The Bertz CT molecular complexity index is 930. The van der Waals surface area contributed by atoms with Gasteiger partial charge in [0.1, 0.15) is 11.8 Å². The van der Waals surface area contributed by atoms with Gasteiger partial charge in [0.05, 0.1) is 0 Å². The van der Waals surface area contributed by atoms with Gasteiger partial charge in [-0.2, -0.15) is 0 Å². The minimum Gasteiger partial charge on any atom is -0.477 e. The van der Waals surface area contributed by atoms with Crippen molar-refractivity contribution in [2.45, 2.75) is 0 Å². The third kappa shape index (κ3) is 3.45. The first-order chi connectivity index (χ1) is 12.1. The molecular formula is C18H12N2O5. The predicted octanol–water partition coefficient (Wildman–Crippen LogP) is 2.86. The summed E-state index contributed by atoms with van der Waals surface area (Å²) in [6.45, 7) is 0. The SMILES string of the molecule is O=C(c1ccccc1)c1ccc(NC(=O)c2nocc2C(=O)O)cc1. The Kier molecular flexibility index (Phi) is 4.38. The smallest absolute Gasteiger partial charge is 0.341 e. The van der Waals surface area contributed by atoms with Crippen LogP contribution in [0.2, 0.25) is 0 Å². The standard InChI is InChI=1S/C18H12N2O5/c21-16(11-4-2-1-3-5-11)12-6-8-13(9-7-12)19-17(22)15-14(18(23)24)10-25-20-15/h1-10H,(H,19,22)(H,23,24). The molecule has 0 aliphatic heterocycles. The molecule has 2 N–H and O–H groups in total. The molecular weight excluding hydrogens is 324 g/mol. The number of nitrogens with one attached hydrogen (secondary N) is 1. The maximum Gasteiger partial charge on any atom is 0.341 e. The largest absolute Gasteiger partial charge is 0.477 e. The van der Waals surface area contributed by atoms with E-state index in [1.54, 1.807) is 48.5 Å². The van der Waals surface area contributed by atoms with E-state index in [2.05, 4.69) is 15.0 Å². The van der Waals surface area contributed by atoms with Crippen molar-refractivity contribution in [2.75, 3.05) is 5.32 Å². The molecule has 1 amide bonds. The normalized spacial score (nSPS) is 10.2. The van der Waals surface area contributed by atoms with E-state index >= 15 is 0 Å². The van der Waals surface area contributed by atoms with Crippen LogP contribution < -0.4 is 5.32 Å². The average molecular weight is 336 g/mol. The summed E-state index contributed by atoms with van der Waals surface area (Å²) in [4.78, 5) is 35.4. The Morgan fingerprint density at radius 3 is 2.20 bits per heavy atom. The van der Waals surface area contributed by atoms with Gasteiger partial charge in [0.2, 0.25) is 0 Å². The Labute approximate surface area is 141 Å². The van der Waals surface area contributed by atoms with Gasteiger partial charge in [-0.15, -0.1) is 0 Å². The van der Waals surface area contributed by atoms with E-state index in [0.717, 1.165) is 6.26 Å². The molecule has 0 unspecified atom stereocenters. The number of aromatic carboxylic acids is 1. The molecule has 0 fully saturated rings. The number of anilines is 1. The monoisotopic (exact) mass is 336 g/mol. The quantitative estimate of drug-likeness (QED) is 0.693. The van der Waals surface area contributed by atoms with Gasteiger partial charge in [-0.25, -0.2) is 4.79 Å². The van der Waals surface area contributed by atoms with Crippen LogP contribution in [-0.2, 0) is 0 Å². The van der Waals surface area contributed by atoms with Gasteiger partial charge in [-0.3, -0.25) is 9.59 Å². The Morgan fingerprint density at radius 1 is 0.920 bits per heavy atom. The van der Waals surface area contributed by atoms with E-state index in [4.69, 9.17) is 5.11 Å². The molecule has 124 valence electrons. The number of hydrogen-bond acceptors (Lipinski definition) is 5. The second-order valence-electron chi connectivity index (χ2n) is 5.11. The summed E-state index contributed by atoms with van der Waals surface area (Å²) < 4.78 is 4.53. The van der Waals surface area contributed by atoms with Crippen LogP contribution in [0.3, 0.4) is 0 Å². The Balaban J connectivity index is 1.75. The van der Waals surface area contributed by atoms with Crippen LogP contribution in [0.25, 0.3) is 0 Å². The number of ketones is 1. The van der Waals surface area contributed by atoms with E-state index in [1.807, 2.05) is 6.07 Å². The summed E-state index contributed by atoms with van der Waals surface area (Å²) in [5.41, 5.74) is 0.782. The van der Waals surface area contributed by atoms with Crippen molar-refractivity contribution in [1.29, 1.82) is 0 Å². The third-order valence-corrected chi connectivity index (χ3v) is 3.46. The van der Waals surface area contributed by atoms with Crippen molar-refractivity contribution < 1.29 is 24.0 Å². The third-order valence-electron chi connectivity index (χ3n) is 3.46. The second kappa shape index (κ2) is 6.79. The van der Waals surface area contributed by atoms with E-state index in [9.17, 15) is 14.4 Å². The fourth-order valence-electron chi connectivity index (χ4n) is 2.20. The highest BCUT2D eigenvalue weighted by Crippen LogP contribution is 2.15. The van der Waals surface area contributed by atoms with Crippen LogP contribution >= 0.6 is 0 Å². The lowest BCUT2D eigenvalue weighted by Gasteiger charge is -2.05. The van der Waals surface area contributed by atoms with Crippen LogP contribution in [0.1, 0.15) is 36.8 Å². The van der Waals surface area contributed by atoms with Gasteiger partial charge in [0, 0.05) is 16.8 Å². The molecule has 7 heteroatoms. The molecule has 1 heterocycles. The fourth-order valence-corrected chi connectivity index (χ4v) is 2.20. The van der Waals surface area contributed by atoms with E-state index in [0.29, 0.717) is 16.8 Å². The molecule has 0 aliphatic carbocycles. The molecule has 0 aliphatic rings. The number of rotatable bonds is 5. The van der Waals surface area contributed by atoms with Gasteiger partial charge in [-0.1, -0.05) is 35.5 Å². The Hall–Kier alpha value is -3.74. The summed E-state index contributed by atoms with van der Waals surface area (Å²) in [5.74, 6) is -2.16. The maximum absolute atomic E-state index is 12.3. The number of nitrogens with zero attached hydrogens (tertiary/aromatic N) is 1. The van der Waals surface area contributed by atoms with Crippen LogP contribution in [0.5, 0.6) is 0 Å². The van der Waals surface area contributed by atoms with Crippen LogP contribution in [0.4, 0.5) is 5.69 Å². The Morgan fingerprint density at radius 2 is 1.56 bits per heavy atom. The molecule has 0 bridgehead atoms. The zero-order valence-electron chi connectivity index (χ0n) is 12.8. The first kappa shape index (κ1) is 16.1. The molecule has 2 aromatic carbocycles. The average Bonchev–Trinajstić information content (AvgIpc) is 3.13. The number of carboxylic acid groups (broad SMARTS) is 1. The number of carbonyl (C=O) groups is 3. The highest BCUT2D eigenvalue weighted by molar-refractivity contribution is 6.10. The lowest BCUT2D eigenvalue weighted by Crippen LogP contribution is -2.16.